The summed E-state index contributed by atoms with van der Waals surface area (Å²) in [7, 11) is 1.87. The van der Waals surface area contributed by atoms with Gasteiger partial charge in [0.05, 0.1) is 5.69 Å². The van der Waals surface area contributed by atoms with Gasteiger partial charge in [-0.15, -0.1) is 0 Å². The minimum absolute atomic E-state index is 0.403. The van der Waals surface area contributed by atoms with E-state index in [4.69, 9.17) is 10.7 Å². The zero-order valence-electron chi connectivity index (χ0n) is 17.4. The van der Waals surface area contributed by atoms with Gasteiger partial charge in [-0.2, -0.15) is 5.10 Å². The van der Waals surface area contributed by atoms with Crippen LogP contribution in [-0.2, 0) is 7.05 Å². The van der Waals surface area contributed by atoms with Crippen LogP contribution in [0, 0.1) is 13.8 Å². The summed E-state index contributed by atoms with van der Waals surface area (Å²) in [5, 5.41) is 7.73. The molecular formula is C22H21N9. The molecular weight excluding hydrogens is 390 g/mol. The van der Waals surface area contributed by atoms with Gasteiger partial charge in [-0.1, -0.05) is 6.07 Å². The van der Waals surface area contributed by atoms with E-state index in [1.165, 1.54) is 0 Å². The number of aromatic nitrogens is 7. The molecule has 5 rings (SSSR count). The molecule has 5 aromatic heterocycles. The molecule has 0 aliphatic heterocycles. The van der Waals surface area contributed by atoms with Crippen molar-refractivity contribution in [3.05, 3.63) is 66.5 Å². The van der Waals surface area contributed by atoms with E-state index in [0.29, 0.717) is 29.0 Å². The third kappa shape index (κ3) is 3.46. The van der Waals surface area contributed by atoms with Crippen molar-refractivity contribution < 1.29 is 0 Å². The molecule has 5 heterocycles. The second kappa shape index (κ2) is 7.21. The van der Waals surface area contributed by atoms with E-state index in [0.717, 1.165) is 28.2 Å². The van der Waals surface area contributed by atoms with Crippen molar-refractivity contribution in [3.63, 3.8) is 0 Å². The van der Waals surface area contributed by atoms with Gasteiger partial charge in [0.15, 0.2) is 11.6 Å². The molecule has 0 atom stereocenters. The molecule has 0 spiro atoms. The third-order valence-corrected chi connectivity index (χ3v) is 5.00. The number of anilines is 3. The average Bonchev–Trinajstić information content (AvgIpc) is 3.30. The minimum Gasteiger partial charge on any atom is -0.384 e. The first-order valence-electron chi connectivity index (χ1n) is 9.80. The second-order valence-electron chi connectivity index (χ2n) is 7.32. The number of hydrogen-bond acceptors (Lipinski definition) is 7. The first-order chi connectivity index (χ1) is 15.0. The Bertz CT molecular complexity index is 1390. The van der Waals surface area contributed by atoms with Gasteiger partial charge >= 0.3 is 0 Å². The summed E-state index contributed by atoms with van der Waals surface area (Å²) in [4.78, 5) is 18.0. The summed E-state index contributed by atoms with van der Waals surface area (Å²) >= 11 is 0. The summed E-state index contributed by atoms with van der Waals surface area (Å²) < 4.78 is 3.74. The first kappa shape index (κ1) is 18.7. The molecule has 0 amide bonds. The highest BCUT2D eigenvalue weighted by molar-refractivity contribution is 5.79. The molecule has 0 fully saturated rings. The molecule has 0 radical (unpaired) electrons. The van der Waals surface area contributed by atoms with Crippen LogP contribution in [0.2, 0.25) is 0 Å². The predicted molar refractivity (Wildman–Crippen MR) is 120 cm³/mol. The largest absolute Gasteiger partial charge is 0.384 e. The van der Waals surface area contributed by atoms with E-state index in [1.807, 2.05) is 62.0 Å². The number of imidazole rings is 1. The van der Waals surface area contributed by atoms with E-state index in [2.05, 4.69) is 31.4 Å². The fourth-order valence-electron chi connectivity index (χ4n) is 3.64. The Morgan fingerprint density at radius 2 is 1.90 bits per heavy atom. The lowest BCUT2D eigenvalue weighted by Crippen LogP contribution is -2.01. The molecule has 0 bridgehead atoms. The molecule has 0 aromatic carbocycles. The Morgan fingerprint density at radius 1 is 1.03 bits per heavy atom. The minimum atomic E-state index is 0.403. The van der Waals surface area contributed by atoms with Gasteiger partial charge in [0, 0.05) is 54.6 Å². The smallest absolute Gasteiger partial charge is 0.160 e. The van der Waals surface area contributed by atoms with Crippen LogP contribution in [0.5, 0.6) is 0 Å². The van der Waals surface area contributed by atoms with Crippen molar-refractivity contribution >= 4 is 23.1 Å². The lowest BCUT2D eigenvalue weighted by molar-refractivity contribution is 0.771. The number of fused-ring (bicyclic) bond motifs is 1. The molecule has 9 nitrogen and oxygen atoms in total. The molecule has 0 saturated heterocycles. The Labute approximate surface area is 178 Å². The number of rotatable bonds is 4. The Morgan fingerprint density at radius 3 is 2.65 bits per heavy atom. The highest BCUT2D eigenvalue weighted by atomic mass is 15.3. The number of hydrogen-bond donors (Lipinski definition) is 2. The van der Waals surface area contributed by atoms with Crippen molar-refractivity contribution in [2.24, 2.45) is 7.05 Å². The van der Waals surface area contributed by atoms with E-state index in [-0.39, 0.29) is 0 Å². The maximum Gasteiger partial charge on any atom is 0.160 e. The summed E-state index contributed by atoms with van der Waals surface area (Å²) in [6.45, 7) is 3.82. The van der Waals surface area contributed by atoms with Crippen LogP contribution in [0.25, 0.3) is 28.2 Å². The number of nitrogen functional groups attached to an aromatic ring is 1. The van der Waals surface area contributed by atoms with Crippen LogP contribution in [0.3, 0.4) is 0 Å². The predicted octanol–water partition coefficient (Wildman–Crippen LogP) is 3.53. The molecule has 0 saturated carbocycles. The van der Waals surface area contributed by atoms with Gasteiger partial charge in [-0.3, -0.25) is 14.1 Å². The quantitative estimate of drug-likeness (QED) is 0.465. The molecule has 5 aromatic rings. The lowest BCUT2D eigenvalue weighted by atomic mass is 10.1. The van der Waals surface area contributed by atoms with Crippen LogP contribution < -0.4 is 11.1 Å². The van der Waals surface area contributed by atoms with Gasteiger partial charge in [0.1, 0.15) is 23.0 Å². The molecule has 0 unspecified atom stereocenters. The maximum atomic E-state index is 6.03. The van der Waals surface area contributed by atoms with Gasteiger partial charge in [0.25, 0.3) is 0 Å². The fourth-order valence-corrected chi connectivity index (χ4v) is 3.64. The number of nitrogens with two attached hydrogens (primary N) is 1. The number of nitrogens with zero attached hydrogens (tertiary/aromatic N) is 7. The second-order valence-corrected chi connectivity index (χ2v) is 7.32. The van der Waals surface area contributed by atoms with Crippen molar-refractivity contribution in [3.8, 4) is 22.5 Å². The van der Waals surface area contributed by atoms with Crippen LogP contribution >= 0.6 is 0 Å². The Kier molecular flexibility index (Phi) is 4.36. The van der Waals surface area contributed by atoms with E-state index in [9.17, 15) is 0 Å². The fraction of sp³-hybridized carbons (Fsp3) is 0.136. The highest BCUT2D eigenvalue weighted by Gasteiger charge is 2.18. The topological polar surface area (TPSA) is 112 Å². The normalized spacial score (nSPS) is 11.2. The molecule has 154 valence electrons. The first-order valence-corrected chi connectivity index (χ1v) is 9.80. The van der Waals surface area contributed by atoms with Crippen LogP contribution in [0.4, 0.5) is 17.5 Å². The average molecular weight is 411 g/mol. The zero-order chi connectivity index (χ0) is 21.5. The molecule has 31 heavy (non-hydrogen) atoms. The van der Waals surface area contributed by atoms with Crippen LogP contribution in [0.1, 0.15) is 11.5 Å². The maximum absolute atomic E-state index is 6.03. The van der Waals surface area contributed by atoms with Crippen LogP contribution in [-0.4, -0.2) is 34.1 Å². The van der Waals surface area contributed by atoms with Gasteiger partial charge in [-0.05, 0) is 32.0 Å². The Balaban J connectivity index is 1.74. The molecule has 9 heteroatoms. The third-order valence-electron chi connectivity index (χ3n) is 5.00. The van der Waals surface area contributed by atoms with Crippen molar-refractivity contribution in [1.29, 1.82) is 0 Å². The van der Waals surface area contributed by atoms with Crippen LogP contribution in [0.15, 0.2) is 55.0 Å². The lowest BCUT2D eigenvalue weighted by Gasteiger charge is -2.09. The zero-order valence-corrected chi connectivity index (χ0v) is 17.4. The molecule has 0 aliphatic carbocycles. The SMILES string of the molecule is Cc1nc(N)cc(-c2c(Nc3ccn(C)n3)nc3ccc(-c4cccnc4C)cn23)n1. The summed E-state index contributed by atoms with van der Waals surface area (Å²) in [5.41, 5.74) is 11.3. The summed E-state index contributed by atoms with van der Waals surface area (Å²) in [6, 6.07) is 11.6. The monoisotopic (exact) mass is 411 g/mol. The molecule has 3 N–H and O–H groups in total. The summed E-state index contributed by atoms with van der Waals surface area (Å²) in [5.74, 6) is 2.32. The van der Waals surface area contributed by atoms with E-state index < -0.39 is 0 Å². The number of aryl methyl sites for hydroxylation is 3. The van der Waals surface area contributed by atoms with E-state index in [1.54, 1.807) is 16.9 Å². The van der Waals surface area contributed by atoms with Gasteiger partial charge in [-0.25, -0.2) is 15.0 Å². The standard InChI is InChI=1S/C22H21N9/c1-13-16(5-4-9-24-13)15-6-7-20-28-22(27-19-8-10-30(3)29-19)21(31(20)12-15)17-11-18(23)26-14(2)25-17/h4-12H,1-3H3,(H,27,29)(H2,23,25,26). The number of nitrogens with one attached hydrogen (secondary N) is 1. The molecule has 0 aliphatic rings. The number of pyridine rings is 2. The van der Waals surface area contributed by atoms with Crippen molar-refractivity contribution in [2.75, 3.05) is 11.1 Å². The van der Waals surface area contributed by atoms with Gasteiger partial charge in [0.2, 0.25) is 0 Å². The highest BCUT2D eigenvalue weighted by Crippen LogP contribution is 2.32. The van der Waals surface area contributed by atoms with Crippen molar-refractivity contribution in [2.45, 2.75) is 13.8 Å². The van der Waals surface area contributed by atoms with Gasteiger partial charge < -0.3 is 11.1 Å². The summed E-state index contributed by atoms with van der Waals surface area (Å²) in [6.07, 6.45) is 5.70. The van der Waals surface area contributed by atoms with E-state index >= 15 is 0 Å². The van der Waals surface area contributed by atoms with Crippen molar-refractivity contribution in [1.82, 2.24) is 34.1 Å². The Hall–Kier alpha value is -4.27.